The zero-order valence-electron chi connectivity index (χ0n) is 13.2. The van der Waals surface area contributed by atoms with Crippen LogP contribution in [-0.2, 0) is 0 Å². The van der Waals surface area contributed by atoms with Gasteiger partial charge in [0, 0.05) is 11.3 Å². The standard InChI is InChI=1S/C19H23NO/c1-13(2)17-11-10-15(12-18(17)14(3)4)19(21)20-16-8-6-5-7-9-16/h5-14H,1-4H3,(H,20,21). The molecule has 2 aromatic rings. The van der Waals surface area contributed by atoms with E-state index in [4.69, 9.17) is 0 Å². The van der Waals surface area contributed by atoms with E-state index in [1.165, 1.54) is 11.1 Å². The van der Waals surface area contributed by atoms with Crippen molar-refractivity contribution < 1.29 is 4.79 Å². The van der Waals surface area contributed by atoms with E-state index in [1.54, 1.807) is 0 Å². The number of hydrogen-bond donors (Lipinski definition) is 1. The molecule has 2 aromatic carbocycles. The van der Waals surface area contributed by atoms with E-state index in [1.807, 2.05) is 42.5 Å². The summed E-state index contributed by atoms with van der Waals surface area (Å²) in [6, 6.07) is 15.6. The first-order valence-corrected chi connectivity index (χ1v) is 7.49. The molecule has 0 fully saturated rings. The Morgan fingerprint density at radius 3 is 2.05 bits per heavy atom. The quantitative estimate of drug-likeness (QED) is 0.821. The van der Waals surface area contributed by atoms with Crippen LogP contribution in [0.3, 0.4) is 0 Å². The zero-order chi connectivity index (χ0) is 15.4. The van der Waals surface area contributed by atoms with E-state index < -0.39 is 0 Å². The van der Waals surface area contributed by atoms with Gasteiger partial charge in [0.05, 0.1) is 0 Å². The topological polar surface area (TPSA) is 29.1 Å². The van der Waals surface area contributed by atoms with E-state index >= 15 is 0 Å². The van der Waals surface area contributed by atoms with Crippen molar-refractivity contribution in [2.45, 2.75) is 39.5 Å². The number of amides is 1. The maximum Gasteiger partial charge on any atom is 0.255 e. The van der Waals surface area contributed by atoms with Crippen LogP contribution in [0.5, 0.6) is 0 Å². The molecule has 110 valence electrons. The molecule has 0 radical (unpaired) electrons. The summed E-state index contributed by atoms with van der Waals surface area (Å²) in [4.78, 5) is 12.4. The molecule has 21 heavy (non-hydrogen) atoms. The highest BCUT2D eigenvalue weighted by molar-refractivity contribution is 6.04. The Morgan fingerprint density at radius 1 is 0.857 bits per heavy atom. The van der Waals surface area contributed by atoms with Gasteiger partial charge in [0.2, 0.25) is 0 Å². The highest BCUT2D eigenvalue weighted by Crippen LogP contribution is 2.27. The van der Waals surface area contributed by atoms with Gasteiger partial charge in [0.25, 0.3) is 5.91 Å². The lowest BCUT2D eigenvalue weighted by Gasteiger charge is -2.17. The Hall–Kier alpha value is -2.09. The van der Waals surface area contributed by atoms with Gasteiger partial charge in [0.15, 0.2) is 0 Å². The molecule has 0 aliphatic rings. The molecule has 2 nitrogen and oxygen atoms in total. The lowest BCUT2D eigenvalue weighted by molar-refractivity contribution is 0.102. The molecule has 2 rings (SSSR count). The van der Waals surface area contributed by atoms with Gasteiger partial charge in [-0.2, -0.15) is 0 Å². The summed E-state index contributed by atoms with van der Waals surface area (Å²) in [6.07, 6.45) is 0. The number of rotatable bonds is 4. The van der Waals surface area contributed by atoms with Gasteiger partial charge in [-0.15, -0.1) is 0 Å². The first kappa shape index (κ1) is 15.3. The minimum Gasteiger partial charge on any atom is -0.322 e. The van der Waals surface area contributed by atoms with Gasteiger partial charge in [-0.25, -0.2) is 0 Å². The minimum atomic E-state index is -0.0570. The first-order chi connectivity index (χ1) is 9.99. The molecule has 0 saturated heterocycles. The molecule has 0 aromatic heterocycles. The summed E-state index contributed by atoms with van der Waals surface area (Å²) in [5.41, 5.74) is 4.11. The van der Waals surface area contributed by atoms with Gasteiger partial charge < -0.3 is 5.32 Å². The SMILES string of the molecule is CC(C)c1ccc(C(=O)Nc2ccccc2)cc1C(C)C. The fraction of sp³-hybridized carbons (Fsp3) is 0.316. The Bertz CT molecular complexity index is 615. The second-order valence-corrected chi connectivity index (χ2v) is 5.97. The van der Waals surface area contributed by atoms with Gasteiger partial charge in [-0.05, 0) is 47.2 Å². The molecule has 0 bridgehead atoms. The summed E-state index contributed by atoms with van der Waals surface area (Å²) in [6.45, 7) is 8.70. The third-order valence-electron chi connectivity index (χ3n) is 3.62. The van der Waals surface area contributed by atoms with Gasteiger partial charge >= 0.3 is 0 Å². The van der Waals surface area contributed by atoms with Crippen molar-refractivity contribution in [1.82, 2.24) is 0 Å². The monoisotopic (exact) mass is 281 g/mol. The fourth-order valence-corrected chi connectivity index (χ4v) is 2.47. The average Bonchev–Trinajstić information content (AvgIpc) is 2.47. The smallest absolute Gasteiger partial charge is 0.255 e. The van der Waals surface area contributed by atoms with E-state index in [-0.39, 0.29) is 5.91 Å². The van der Waals surface area contributed by atoms with Gasteiger partial charge in [-0.1, -0.05) is 52.0 Å². The molecule has 2 heteroatoms. The Morgan fingerprint density at radius 2 is 1.48 bits per heavy atom. The predicted octanol–water partition coefficient (Wildman–Crippen LogP) is 5.19. The molecule has 0 aliphatic heterocycles. The number of carbonyl (C=O) groups is 1. The van der Waals surface area contributed by atoms with Crippen LogP contribution < -0.4 is 5.32 Å². The Labute approximate surface area is 127 Å². The zero-order valence-corrected chi connectivity index (χ0v) is 13.2. The number of benzene rings is 2. The second-order valence-electron chi connectivity index (χ2n) is 5.97. The number of carbonyl (C=O) groups excluding carboxylic acids is 1. The summed E-state index contributed by atoms with van der Waals surface area (Å²) in [5, 5.41) is 2.93. The number of anilines is 1. The average molecular weight is 281 g/mol. The van der Waals surface area contributed by atoms with E-state index in [0.29, 0.717) is 17.4 Å². The van der Waals surface area contributed by atoms with Crippen molar-refractivity contribution >= 4 is 11.6 Å². The van der Waals surface area contributed by atoms with Crippen molar-refractivity contribution in [1.29, 1.82) is 0 Å². The van der Waals surface area contributed by atoms with Crippen LogP contribution in [0.15, 0.2) is 48.5 Å². The van der Waals surface area contributed by atoms with Crippen molar-refractivity contribution in [3.8, 4) is 0 Å². The molecular formula is C19H23NO. The molecule has 0 saturated carbocycles. The summed E-state index contributed by atoms with van der Waals surface area (Å²) < 4.78 is 0. The first-order valence-electron chi connectivity index (χ1n) is 7.49. The maximum atomic E-state index is 12.4. The van der Waals surface area contributed by atoms with Crippen LogP contribution in [0.25, 0.3) is 0 Å². The Kier molecular flexibility index (Phi) is 4.79. The normalized spacial score (nSPS) is 11.0. The van der Waals surface area contributed by atoms with Crippen molar-refractivity contribution in [2.75, 3.05) is 5.32 Å². The lowest BCUT2D eigenvalue weighted by Crippen LogP contribution is -2.13. The second kappa shape index (κ2) is 6.57. The molecule has 0 heterocycles. The lowest BCUT2D eigenvalue weighted by atomic mass is 9.89. The Balaban J connectivity index is 2.28. The largest absolute Gasteiger partial charge is 0.322 e. The number of nitrogens with one attached hydrogen (secondary N) is 1. The highest BCUT2D eigenvalue weighted by Gasteiger charge is 2.14. The summed E-state index contributed by atoms with van der Waals surface area (Å²) in [5.74, 6) is 0.818. The highest BCUT2D eigenvalue weighted by atomic mass is 16.1. The van der Waals surface area contributed by atoms with E-state index in [0.717, 1.165) is 5.69 Å². The fourth-order valence-electron chi connectivity index (χ4n) is 2.47. The third-order valence-corrected chi connectivity index (χ3v) is 3.62. The van der Waals surface area contributed by atoms with E-state index in [2.05, 4.69) is 39.1 Å². The summed E-state index contributed by atoms with van der Waals surface area (Å²) >= 11 is 0. The number of para-hydroxylation sites is 1. The van der Waals surface area contributed by atoms with Gasteiger partial charge in [0.1, 0.15) is 0 Å². The maximum absolute atomic E-state index is 12.4. The van der Waals surface area contributed by atoms with Crippen LogP contribution in [0, 0.1) is 0 Å². The molecule has 0 unspecified atom stereocenters. The number of hydrogen-bond acceptors (Lipinski definition) is 1. The third kappa shape index (κ3) is 3.72. The molecular weight excluding hydrogens is 258 g/mol. The van der Waals surface area contributed by atoms with Crippen molar-refractivity contribution in [2.24, 2.45) is 0 Å². The van der Waals surface area contributed by atoms with Crippen LogP contribution in [0.1, 0.15) is 61.0 Å². The molecule has 1 amide bonds. The van der Waals surface area contributed by atoms with Crippen LogP contribution in [0.2, 0.25) is 0 Å². The van der Waals surface area contributed by atoms with Crippen LogP contribution in [-0.4, -0.2) is 5.91 Å². The minimum absolute atomic E-state index is 0.0570. The van der Waals surface area contributed by atoms with E-state index in [9.17, 15) is 4.79 Å². The molecule has 0 aliphatic carbocycles. The summed E-state index contributed by atoms with van der Waals surface area (Å²) in [7, 11) is 0. The van der Waals surface area contributed by atoms with Gasteiger partial charge in [-0.3, -0.25) is 4.79 Å². The van der Waals surface area contributed by atoms with Crippen LogP contribution >= 0.6 is 0 Å². The van der Waals surface area contributed by atoms with Crippen LogP contribution in [0.4, 0.5) is 5.69 Å². The molecule has 1 N–H and O–H groups in total. The molecule has 0 atom stereocenters. The van der Waals surface area contributed by atoms with Crippen molar-refractivity contribution in [3.05, 3.63) is 65.2 Å². The van der Waals surface area contributed by atoms with Crippen molar-refractivity contribution in [3.63, 3.8) is 0 Å². The molecule has 0 spiro atoms. The predicted molar refractivity (Wildman–Crippen MR) is 89.0 cm³/mol.